The number of nitrogens with one attached hydrogen (secondary N) is 2. The average molecular weight is 378 g/mol. The minimum atomic E-state index is -3.70. The first-order valence-electron chi connectivity index (χ1n) is 9.33. The molecule has 7 heteroatoms. The van der Waals surface area contributed by atoms with Crippen molar-refractivity contribution in [2.45, 2.75) is 64.7 Å². The Labute approximate surface area is 154 Å². The van der Waals surface area contributed by atoms with Crippen molar-refractivity contribution < 1.29 is 18.0 Å². The second kappa shape index (κ2) is 7.78. The number of benzene rings is 1. The molecule has 0 fully saturated rings. The fourth-order valence-corrected chi connectivity index (χ4v) is 4.98. The van der Waals surface area contributed by atoms with Crippen LogP contribution in [0.4, 0.5) is 10.5 Å². The third kappa shape index (κ3) is 4.44. The summed E-state index contributed by atoms with van der Waals surface area (Å²) in [7, 11) is -3.70. The number of rotatable bonds is 7. The van der Waals surface area contributed by atoms with E-state index in [1.165, 1.54) is 29.2 Å². The number of hydrogen-bond acceptors (Lipinski definition) is 4. The van der Waals surface area contributed by atoms with Gasteiger partial charge >= 0.3 is 6.03 Å². The van der Waals surface area contributed by atoms with Gasteiger partial charge in [-0.1, -0.05) is 6.07 Å². The normalized spacial score (nSPS) is 15.4. The summed E-state index contributed by atoms with van der Waals surface area (Å²) >= 11 is 0. The van der Waals surface area contributed by atoms with E-state index in [2.05, 4.69) is 16.1 Å². The third-order valence-electron chi connectivity index (χ3n) is 5.15. The van der Waals surface area contributed by atoms with Crippen molar-refractivity contribution in [1.29, 1.82) is 0 Å². The third-order valence-corrected chi connectivity index (χ3v) is 6.47. The summed E-state index contributed by atoms with van der Waals surface area (Å²) in [6.07, 6.45) is 7.28. The number of Topliss-reactive ketones (excluding diaryl/α,β-unsaturated/α-hetero) is 1. The monoisotopic (exact) mass is 378 g/mol. The Morgan fingerprint density at radius 1 is 1.00 bits per heavy atom. The van der Waals surface area contributed by atoms with E-state index in [0.29, 0.717) is 19.3 Å². The second-order valence-electron chi connectivity index (χ2n) is 7.27. The smallest absolute Gasteiger partial charge is 0.307 e. The lowest BCUT2D eigenvalue weighted by molar-refractivity contribution is -0.117. The maximum atomic E-state index is 12.3. The van der Waals surface area contributed by atoms with E-state index in [4.69, 9.17) is 0 Å². The second-order valence-corrected chi connectivity index (χ2v) is 9.11. The van der Waals surface area contributed by atoms with Gasteiger partial charge in [-0.25, -0.2) is 17.9 Å². The Kier molecular flexibility index (Phi) is 5.65. The first-order chi connectivity index (χ1) is 12.4. The first kappa shape index (κ1) is 18.9. The molecule has 2 aliphatic rings. The summed E-state index contributed by atoms with van der Waals surface area (Å²) in [6, 6.07) is 1.57. The van der Waals surface area contributed by atoms with E-state index in [0.717, 1.165) is 44.2 Å². The maximum absolute atomic E-state index is 12.3. The number of carbonyl (C=O) groups excluding carboxylic acids is 2. The standard InChI is InChI=1S/C19H26N2O4S/c1-13(22)6-2-3-11-26(24,25)21-19(23)20-18-16-9-4-7-14(16)12-15-8-5-10-17(15)18/h12H,2-11H2,1H3,(H2,20,21,23). The maximum Gasteiger partial charge on any atom is 0.332 e. The van der Waals surface area contributed by atoms with Gasteiger partial charge in [0.05, 0.1) is 5.75 Å². The van der Waals surface area contributed by atoms with Gasteiger partial charge in [0.25, 0.3) is 0 Å². The van der Waals surface area contributed by atoms with Crippen LogP contribution in [-0.4, -0.2) is 26.0 Å². The minimum absolute atomic E-state index is 0.0416. The number of fused-ring (bicyclic) bond motifs is 2. The fraction of sp³-hybridized carbons (Fsp3) is 0.579. The summed E-state index contributed by atoms with van der Waals surface area (Å²) in [5, 5.41) is 2.82. The molecule has 0 spiro atoms. The minimum Gasteiger partial charge on any atom is -0.307 e. The van der Waals surface area contributed by atoms with Gasteiger partial charge in [-0.3, -0.25) is 0 Å². The Bertz CT molecular complexity index is 798. The predicted molar refractivity (Wildman–Crippen MR) is 101 cm³/mol. The van der Waals surface area contributed by atoms with Crippen molar-refractivity contribution >= 4 is 27.5 Å². The molecule has 0 saturated heterocycles. The van der Waals surface area contributed by atoms with Crippen molar-refractivity contribution in [3.63, 3.8) is 0 Å². The van der Waals surface area contributed by atoms with E-state index >= 15 is 0 Å². The summed E-state index contributed by atoms with van der Waals surface area (Å²) in [6.45, 7) is 1.48. The molecular formula is C19H26N2O4S. The molecule has 142 valence electrons. The number of anilines is 1. The van der Waals surface area contributed by atoms with Gasteiger partial charge in [0.1, 0.15) is 5.78 Å². The van der Waals surface area contributed by atoms with Crippen LogP contribution in [0.3, 0.4) is 0 Å². The molecule has 0 atom stereocenters. The topological polar surface area (TPSA) is 92.3 Å². The van der Waals surface area contributed by atoms with Gasteiger partial charge in [-0.05, 0) is 80.5 Å². The molecule has 0 heterocycles. The van der Waals surface area contributed by atoms with Gasteiger partial charge < -0.3 is 10.1 Å². The molecule has 0 unspecified atom stereocenters. The molecule has 3 rings (SSSR count). The van der Waals surface area contributed by atoms with Gasteiger partial charge in [-0.15, -0.1) is 0 Å². The van der Waals surface area contributed by atoms with E-state index < -0.39 is 16.1 Å². The highest BCUT2D eigenvalue weighted by molar-refractivity contribution is 7.90. The number of hydrogen-bond donors (Lipinski definition) is 2. The summed E-state index contributed by atoms with van der Waals surface area (Å²) in [4.78, 5) is 23.2. The van der Waals surface area contributed by atoms with E-state index in [1.54, 1.807) is 0 Å². The molecule has 0 bridgehead atoms. The molecule has 26 heavy (non-hydrogen) atoms. The number of urea groups is 1. The molecule has 1 aromatic rings. The summed E-state index contributed by atoms with van der Waals surface area (Å²) in [5.41, 5.74) is 5.73. The molecular weight excluding hydrogens is 352 g/mol. The van der Waals surface area contributed by atoms with E-state index in [-0.39, 0.29) is 11.5 Å². The van der Waals surface area contributed by atoms with Crippen molar-refractivity contribution in [1.82, 2.24) is 4.72 Å². The lowest BCUT2D eigenvalue weighted by Gasteiger charge is -2.16. The molecule has 0 radical (unpaired) electrons. The molecule has 6 nitrogen and oxygen atoms in total. The van der Waals surface area contributed by atoms with Crippen molar-refractivity contribution in [3.8, 4) is 0 Å². The van der Waals surface area contributed by atoms with Crippen LogP contribution in [0.15, 0.2) is 6.07 Å². The zero-order valence-corrected chi connectivity index (χ0v) is 16.0. The number of ketones is 1. The lowest BCUT2D eigenvalue weighted by atomic mass is 9.99. The van der Waals surface area contributed by atoms with E-state index in [9.17, 15) is 18.0 Å². The zero-order chi connectivity index (χ0) is 18.7. The van der Waals surface area contributed by atoms with Crippen LogP contribution in [-0.2, 0) is 40.5 Å². The number of aryl methyl sites for hydroxylation is 2. The summed E-state index contributed by atoms with van der Waals surface area (Å²) < 4.78 is 26.3. The molecule has 2 amide bonds. The molecule has 1 aromatic carbocycles. The SMILES string of the molecule is CC(=O)CCCCS(=O)(=O)NC(=O)Nc1c2c(cc3c1CCC3)CCC2. The number of sulfonamides is 1. The first-order valence-corrected chi connectivity index (χ1v) is 11.0. The lowest BCUT2D eigenvalue weighted by Crippen LogP contribution is -2.36. The number of amides is 2. The van der Waals surface area contributed by atoms with Crippen LogP contribution < -0.4 is 10.0 Å². The van der Waals surface area contributed by atoms with Gasteiger partial charge in [0, 0.05) is 12.1 Å². The quantitative estimate of drug-likeness (QED) is 0.714. The Hall–Kier alpha value is -1.89. The van der Waals surface area contributed by atoms with Crippen LogP contribution in [0, 0.1) is 0 Å². The highest BCUT2D eigenvalue weighted by atomic mass is 32.2. The van der Waals surface area contributed by atoms with Gasteiger partial charge in [0.15, 0.2) is 0 Å². The van der Waals surface area contributed by atoms with Crippen molar-refractivity contribution in [2.75, 3.05) is 11.1 Å². The van der Waals surface area contributed by atoms with Crippen molar-refractivity contribution in [3.05, 3.63) is 28.3 Å². The Morgan fingerprint density at radius 3 is 2.19 bits per heavy atom. The van der Waals surface area contributed by atoms with Crippen LogP contribution in [0.2, 0.25) is 0 Å². The Morgan fingerprint density at radius 2 is 1.62 bits per heavy atom. The fourth-order valence-electron chi connectivity index (χ4n) is 3.96. The average Bonchev–Trinajstić information content (AvgIpc) is 3.19. The van der Waals surface area contributed by atoms with Gasteiger partial charge in [0.2, 0.25) is 10.0 Å². The van der Waals surface area contributed by atoms with Crippen molar-refractivity contribution in [2.24, 2.45) is 0 Å². The number of unbranched alkanes of at least 4 members (excludes halogenated alkanes) is 1. The highest BCUT2D eigenvalue weighted by Crippen LogP contribution is 2.38. The largest absolute Gasteiger partial charge is 0.332 e. The van der Waals surface area contributed by atoms with Crippen LogP contribution in [0.25, 0.3) is 0 Å². The number of carbonyl (C=O) groups is 2. The van der Waals surface area contributed by atoms with Gasteiger partial charge in [-0.2, -0.15) is 0 Å². The van der Waals surface area contributed by atoms with Crippen LogP contribution >= 0.6 is 0 Å². The predicted octanol–water partition coefficient (Wildman–Crippen LogP) is 2.87. The molecule has 0 saturated carbocycles. The highest BCUT2D eigenvalue weighted by Gasteiger charge is 2.25. The Balaban J connectivity index is 1.65. The van der Waals surface area contributed by atoms with Crippen LogP contribution in [0.5, 0.6) is 0 Å². The molecule has 2 aliphatic carbocycles. The zero-order valence-electron chi connectivity index (χ0n) is 15.2. The molecule has 0 aromatic heterocycles. The molecule has 0 aliphatic heterocycles. The molecule has 2 N–H and O–H groups in total. The van der Waals surface area contributed by atoms with Crippen LogP contribution in [0.1, 0.15) is 61.3 Å². The summed E-state index contributed by atoms with van der Waals surface area (Å²) in [5.74, 6) is -0.113. The van der Waals surface area contributed by atoms with E-state index in [1.807, 2.05) is 0 Å².